The Labute approximate surface area is 83.7 Å². The molecule has 1 N–H and O–H groups in total. The number of rotatable bonds is 2. The zero-order valence-corrected chi connectivity index (χ0v) is 8.01. The lowest BCUT2D eigenvalue weighted by Crippen LogP contribution is -2.25. The molecule has 2 rings (SSSR count). The Kier molecular flexibility index (Phi) is 3.32. The van der Waals surface area contributed by atoms with Gasteiger partial charge in [0.05, 0.1) is 0 Å². The van der Waals surface area contributed by atoms with Gasteiger partial charge < -0.3 is 5.32 Å². The topological polar surface area (TPSA) is 29.1 Å². The fraction of sp³-hybridized carbons (Fsp3) is 0.300. The number of benzene rings is 1. The lowest BCUT2D eigenvalue weighted by atomic mass is 10.2. The Hall–Kier alpha value is -1.02. The van der Waals surface area contributed by atoms with Crippen LogP contribution in [0.3, 0.4) is 0 Å². The van der Waals surface area contributed by atoms with E-state index in [1.54, 1.807) is 0 Å². The van der Waals surface area contributed by atoms with Crippen molar-refractivity contribution in [1.29, 1.82) is 0 Å². The summed E-state index contributed by atoms with van der Waals surface area (Å²) in [5.41, 5.74) is 0.754. The summed E-state index contributed by atoms with van der Waals surface area (Å²) in [5, 5.41) is 2.93. The number of amides is 1. The normalized spacial score (nSPS) is 14.5. The summed E-state index contributed by atoms with van der Waals surface area (Å²) in [6, 6.07) is 9.77. The smallest absolute Gasteiger partial charge is 0.251 e. The first kappa shape index (κ1) is 10.1. The van der Waals surface area contributed by atoms with E-state index < -0.39 is 0 Å². The van der Waals surface area contributed by atoms with Crippen molar-refractivity contribution in [3.8, 4) is 0 Å². The highest BCUT2D eigenvalue weighted by Gasteiger charge is 2.23. The molecule has 1 aliphatic rings. The molecule has 2 nitrogen and oxygen atoms in total. The predicted octanol–water partition coefficient (Wildman–Crippen LogP) is 2.00. The summed E-state index contributed by atoms with van der Waals surface area (Å²) < 4.78 is 0. The van der Waals surface area contributed by atoms with Crippen LogP contribution in [0.5, 0.6) is 0 Å². The summed E-state index contributed by atoms with van der Waals surface area (Å²) in [4.78, 5) is 11.4. The van der Waals surface area contributed by atoms with Gasteiger partial charge in [-0.1, -0.05) is 18.2 Å². The average Bonchev–Trinajstić information content (AvgIpc) is 2.90. The fourth-order valence-electron chi connectivity index (χ4n) is 1.09. The summed E-state index contributed by atoms with van der Waals surface area (Å²) >= 11 is 0. The van der Waals surface area contributed by atoms with Gasteiger partial charge in [0.2, 0.25) is 0 Å². The molecule has 1 aliphatic carbocycles. The largest absolute Gasteiger partial charge is 0.349 e. The van der Waals surface area contributed by atoms with E-state index in [1.807, 2.05) is 30.3 Å². The number of hydrogen-bond acceptors (Lipinski definition) is 1. The molecule has 1 fully saturated rings. The maximum atomic E-state index is 11.4. The quantitative estimate of drug-likeness (QED) is 0.772. The van der Waals surface area contributed by atoms with Crippen molar-refractivity contribution >= 4 is 18.3 Å². The zero-order chi connectivity index (χ0) is 8.39. The number of hydrogen-bond donors (Lipinski definition) is 1. The molecule has 0 unspecified atom stereocenters. The van der Waals surface area contributed by atoms with Gasteiger partial charge in [-0.25, -0.2) is 0 Å². The number of carbonyl (C=O) groups is 1. The molecule has 0 radical (unpaired) electrons. The van der Waals surface area contributed by atoms with Gasteiger partial charge >= 0.3 is 0 Å². The molecule has 3 heteroatoms. The van der Waals surface area contributed by atoms with Gasteiger partial charge in [-0.05, 0) is 25.0 Å². The molecular weight excluding hydrogens is 186 g/mol. The van der Waals surface area contributed by atoms with Crippen molar-refractivity contribution in [2.75, 3.05) is 0 Å². The van der Waals surface area contributed by atoms with Crippen LogP contribution in [0.1, 0.15) is 23.2 Å². The first-order valence-electron chi connectivity index (χ1n) is 4.22. The van der Waals surface area contributed by atoms with Gasteiger partial charge in [-0.3, -0.25) is 4.79 Å². The van der Waals surface area contributed by atoms with Crippen LogP contribution >= 0.6 is 12.4 Å². The van der Waals surface area contributed by atoms with Crippen LogP contribution in [-0.2, 0) is 0 Å². The van der Waals surface area contributed by atoms with Crippen LogP contribution in [0.25, 0.3) is 0 Å². The Balaban J connectivity index is 0.000000845. The highest BCUT2D eigenvalue weighted by molar-refractivity contribution is 5.94. The van der Waals surface area contributed by atoms with E-state index in [9.17, 15) is 4.79 Å². The van der Waals surface area contributed by atoms with Crippen molar-refractivity contribution in [2.24, 2.45) is 0 Å². The van der Waals surface area contributed by atoms with Gasteiger partial charge in [-0.2, -0.15) is 0 Å². The predicted molar refractivity (Wildman–Crippen MR) is 54.2 cm³/mol. The molecule has 1 aromatic rings. The third-order valence-corrected chi connectivity index (χ3v) is 1.95. The Morgan fingerprint density at radius 2 is 1.85 bits per heavy atom. The molecule has 0 bridgehead atoms. The molecule has 13 heavy (non-hydrogen) atoms. The Morgan fingerprint density at radius 1 is 1.23 bits per heavy atom. The number of carbonyl (C=O) groups excluding carboxylic acids is 1. The second kappa shape index (κ2) is 4.28. The number of halogens is 1. The lowest BCUT2D eigenvalue weighted by Gasteiger charge is -2.01. The van der Waals surface area contributed by atoms with E-state index in [0.29, 0.717) is 6.04 Å². The monoisotopic (exact) mass is 197 g/mol. The molecule has 0 aromatic heterocycles. The standard InChI is InChI=1S/C10H11NO.ClH/c12-10(11-9-6-7-9)8-4-2-1-3-5-8;/h1-5,9H,6-7H2,(H,11,12);1H. The summed E-state index contributed by atoms with van der Waals surface area (Å²) in [5.74, 6) is 0.0538. The Bertz CT molecular complexity index is 282. The molecular formula is C10H12ClNO. The molecule has 0 aliphatic heterocycles. The molecule has 1 amide bonds. The van der Waals surface area contributed by atoms with E-state index in [4.69, 9.17) is 0 Å². The first-order chi connectivity index (χ1) is 5.86. The SMILES string of the molecule is Cl.O=C(NC1CC1)c1ccccc1. The van der Waals surface area contributed by atoms with Crippen molar-refractivity contribution in [3.63, 3.8) is 0 Å². The van der Waals surface area contributed by atoms with Crippen molar-refractivity contribution in [1.82, 2.24) is 5.32 Å². The van der Waals surface area contributed by atoms with Crippen LogP contribution in [0.2, 0.25) is 0 Å². The third-order valence-electron chi connectivity index (χ3n) is 1.95. The van der Waals surface area contributed by atoms with Gasteiger partial charge in [0.15, 0.2) is 0 Å². The van der Waals surface area contributed by atoms with E-state index in [2.05, 4.69) is 5.32 Å². The number of nitrogens with one attached hydrogen (secondary N) is 1. The fourth-order valence-corrected chi connectivity index (χ4v) is 1.09. The minimum absolute atomic E-state index is 0. The van der Waals surface area contributed by atoms with E-state index in [-0.39, 0.29) is 18.3 Å². The van der Waals surface area contributed by atoms with Gasteiger partial charge in [0.25, 0.3) is 5.91 Å². The molecule has 70 valence electrons. The second-order valence-electron chi connectivity index (χ2n) is 3.11. The highest BCUT2D eigenvalue weighted by atomic mass is 35.5. The maximum Gasteiger partial charge on any atom is 0.251 e. The summed E-state index contributed by atoms with van der Waals surface area (Å²) in [6.45, 7) is 0. The highest BCUT2D eigenvalue weighted by Crippen LogP contribution is 2.19. The van der Waals surface area contributed by atoms with Crippen LogP contribution in [0.15, 0.2) is 30.3 Å². The molecule has 1 saturated carbocycles. The van der Waals surface area contributed by atoms with Gasteiger partial charge in [0, 0.05) is 11.6 Å². The van der Waals surface area contributed by atoms with E-state index in [0.717, 1.165) is 18.4 Å². The van der Waals surface area contributed by atoms with Crippen molar-refractivity contribution < 1.29 is 4.79 Å². The second-order valence-corrected chi connectivity index (χ2v) is 3.11. The van der Waals surface area contributed by atoms with E-state index >= 15 is 0 Å². The van der Waals surface area contributed by atoms with E-state index in [1.165, 1.54) is 0 Å². The minimum atomic E-state index is 0. The first-order valence-corrected chi connectivity index (χ1v) is 4.22. The zero-order valence-electron chi connectivity index (χ0n) is 7.19. The molecule has 0 spiro atoms. The van der Waals surface area contributed by atoms with Gasteiger partial charge in [-0.15, -0.1) is 12.4 Å². The molecule has 0 heterocycles. The van der Waals surface area contributed by atoms with Crippen LogP contribution in [-0.4, -0.2) is 11.9 Å². The van der Waals surface area contributed by atoms with Crippen molar-refractivity contribution in [2.45, 2.75) is 18.9 Å². The summed E-state index contributed by atoms with van der Waals surface area (Å²) in [7, 11) is 0. The third kappa shape index (κ3) is 2.74. The average molecular weight is 198 g/mol. The van der Waals surface area contributed by atoms with Gasteiger partial charge in [0.1, 0.15) is 0 Å². The molecule has 0 saturated heterocycles. The Morgan fingerprint density at radius 3 is 2.38 bits per heavy atom. The van der Waals surface area contributed by atoms with Crippen LogP contribution in [0.4, 0.5) is 0 Å². The molecule has 1 aromatic carbocycles. The lowest BCUT2D eigenvalue weighted by molar-refractivity contribution is 0.0951. The molecule has 0 atom stereocenters. The maximum absolute atomic E-state index is 11.4. The van der Waals surface area contributed by atoms with Crippen molar-refractivity contribution in [3.05, 3.63) is 35.9 Å². The van der Waals surface area contributed by atoms with Crippen LogP contribution in [0, 0.1) is 0 Å². The minimum Gasteiger partial charge on any atom is -0.349 e. The van der Waals surface area contributed by atoms with Crippen LogP contribution < -0.4 is 5.32 Å². The summed E-state index contributed by atoms with van der Waals surface area (Å²) in [6.07, 6.45) is 2.27.